The van der Waals surface area contributed by atoms with E-state index in [1.54, 1.807) is 13.2 Å². The van der Waals surface area contributed by atoms with Gasteiger partial charge in [0.1, 0.15) is 5.75 Å². The molecule has 33 heavy (non-hydrogen) atoms. The van der Waals surface area contributed by atoms with E-state index in [2.05, 4.69) is 49.6 Å². The Hall–Kier alpha value is -2.32. The first-order valence-corrected chi connectivity index (χ1v) is 11.4. The average Bonchev–Trinajstić information content (AvgIpc) is 3.21. The van der Waals surface area contributed by atoms with Gasteiger partial charge in [-0.25, -0.2) is 0 Å². The third-order valence-corrected chi connectivity index (χ3v) is 5.95. The number of hydrogen-bond donors (Lipinski definition) is 2. The van der Waals surface area contributed by atoms with Crippen LogP contribution < -0.4 is 34.0 Å². The lowest BCUT2D eigenvalue weighted by Gasteiger charge is -2.29. The summed E-state index contributed by atoms with van der Waals surface area (Å²) >= 11 is 0. The van der Waals surface area contributed by atoms with Crippen LogP contribution in [0.15, 0.2) is 54.7 Å². The highest BCUT2D eigenvalue weighted by Crippen LogP contribution is 2.22. The van der Waals surface area contributed by atoms with Gasteiger partial charge in [-0.15, -0.1) is 0 Å². The SMILES string of the molecule is CCCC[N+](C)(C)CCc1c[nH]c2ccc(/C=C/C(=O)NCc3ccc(OC)cc3)cc12.[I-]. The Labute approximate surface area is 214 Å². The number of amides is 1. The number of benzene rings is 2. The van der Waals surface area contributed by atoms with Crippen LogP contribution in [0.5, 0.6) is 5.75 Å². The monoisotopic (exact) mass is 561 g/mol. The zero-order valence-corrected chi connectivity index (χ0v) is 22.3. The Morgan fingerprint density at radius 1 is 1.12 bits per heavy atom. The topological polar surface area (TPSA) is 54.1 Å². The van der Waals surface area contributed by atoms with E-state index < -0.39 is 0 Å². The van der Waals surface area contributed by atoms with Crippen LogP contribution in [0.2, 0.25) is 0 Å². The molecule has 0 aliphatic carbocycles. The van der Waals surface area contributed by atoms with Crippen molar-refractivity contribution >= 4 is 22.9 Å². The first kappa shape index (κ1) is 26.9. The maximum absolute atomic E-state index is 12.3. The summed E-state index contributed by atoms with van der Waals surface area (Å²) in [6.45, 7) is 5.05. The van der Waals surface area contributed by atoms with Gasteiger partial charge in [-0.3, -0.25) is 4.79 Å². The lowest BCUT2D eigenvalue weighted by atomic mass is 10.1. The predicted octanol–water partition coefficient (Wildman–Crippen LogP) is 1.93. The average molecular weight is 562 g/mol. The Bertz CT molecular complexity index is 1050. The fourth-order valence-corrected chi connectivity index (χ4v) is 3.79. The lowest BCUT2D eigenvalue weighted by Crippen LogP contribution is -3.00. The summed E-state index contributed by atoms with van der Waals surface area (Å²) in [5.41, 5.74) is 4.53. The number of halogens is 1. The van der Waals surface area contributed by atoms with Crippen molar-refractivity contribution in [3.05, 3.63) is 71.4 Å². The molecule has 0 fully saturated rings. The molecule has 0 spiro atoms. The van der Waals surface area contributed by atoms with Gasteiger partial charge >= 0.3 is 0 Å². The molecule has 1 aromatic heterocycles. The first-order valence-electron chi connectivity index (χ1n) is 11.4. The molecular formula is C27H36IN3O2. The molecule has 0 saturated heterocycles. The minimum absolute atomic E-state index is 0. The van der Waals surface area contributed by atoms with E-state index in [4.69, 9.17) is 4.74 Å². The molecule has 0 aliphatic heterocycles. The van der Waals surface area contributed by atoms with Crippen molar-refractivity contribution < 1.29 is 38.0 Å². The summed E-state index contributed by atoms with van der Waals surface area (Å²) in [6.07, 6.45) is 9.13. The van der Waals surface area contributed by atoms with Gasteiger partial charge in [0.25, 0.3) is 0 Å². The number of rotatable bonds is 11. The van der Waals surface area contributed by atoms with Crippen LogP contribution in [-0.4, -0.2) is 49.7 Å². The smallest absolute Gasteiger partial charge is 0.244 e. The van der Waals surface area contributed by atoms with Gasteiger partial charge in [-0.2, -0.15) is 0 Å². The molecular weight excluding hydrogens is 525 g/mol. The molecule has 3 aromatic rings. The minimum Gasteiger partial charge on any atom is -1.00 e. The third kappa shape index (κ3) is 8.19. The molecule has 5 nitrogen and oxygen atoms in total. The lowest BCUT2D eigenvalue weighted by molar-refractivity contribution is -0.890. The van der Waals surface area contributed by atoms with Gasteiger partial charge in [0, 0.05) is 36.1 Å². The Morgan fingerprint density at radius 3 is 2.58 bits per heavy atom. The second kappa shape index (κ2) is 12.8. The number of H-pyrrole nitrogens is 1. The number of fused-ring (bicyclic) bond motifs is 1. The van der Waals surface area contributed by atoms with Gasteiger partial charge in [-0.05, 0) is 53.5 Å². The molecule has 0 bridgehead atoms. The largest absolute Gasteiger partial charge is 1.00 e. The number of ether oxygens (including phenoxy) is 1. The van der Waals surface area contributed by atoms with E-state index in [1.165, 1.54) is 30.3 Å². The Kier molecular flexibility index (Phi) is 10.4. The normalized spacial score (nSPS) is 11.5. The van der Waals surface area contributed by atoms with Crippen LogP contribution in [0, 0.1) is 0 Å². The number of quaternary nitrogens is 1. The number of carbonyl (C=O) groups is 1. The van der Waals surface area contributed by atoms with Crippen molar-refractivity contribution in [2.45, 2.75) is 32.7 Å². The van der Waals surface area contributed by atoms with Crippen LogP contribution in [0.3, 0.4) is 0 Å². The fourth-order valence-electron chi connectivity index (χ4n) is 3.79. The number of nitrogens with one attached hydrogen (secondary N) is 2. The molecule has 1 amide bonds. The number of aromatic nitrogens is 1. The van der Waals surface area contributed by atoms with Crippen molar-refractivity contribution in [3.8, 4) is 5.75 Å². The summed E-state index contributed by atoms with van der Waals surface area (Å²) in [5.74, 6) is 0.702. The standard InChI is InChI=1S/C27H35N3O2.HI/c1-5-6-16-30(2,3)17-15-23-20-28-26-13-9-21(18-25(23)26)10-14-27(31)29-19-22-7-11-24(32-4)12-8-22;/h7-14,18,20H,5-6,15-17,19H2,1-4H3,(H-,28,29,31);1H. The molecule has 0 unspecified atom stereocenters. The molecule has 2 aromatic carbocycles. The van der Waals surface area contributed by atoms with E-state index in [1.807, 2.05) is 36.4 Å². The molecule has 6 heteroatoms. The zero-order chi connectivity index (χ0) is 23.0. The maximum Gasteiger partial charge on any atom is 0.244 e. The third-order valence-electron chi connectivity index (χ3n) is 5.95. The number of unbranched alkanes of at least 4 members (excludes halogenated alkanes) is 1. The van der Waals surface area contributed by atoms with Crippen LogP contribution in [-0.2, 0) is 17.8 Å². The number of aromatic amines is 1. The molecule has 0 saturated carbocycles. The van der Waals surface area contributed by atoms with Gasteiger partial charge in [0.2, 0.25) is 5.91 Å². The number of nitrogens with zero attached hydrogens (tertiary/aromatic N) is 1. The van der Waals surface area contributed by atoms with Gasteiger partial charge in [0.15, 0.2) is 0 Å². The zero-order valence-electron chi connectivity index (χ0n) is 20.2. The van der Waals surface area contributed by atoms with Crippen molar-refractivity contribution in [1.29, 1.82) is 0 Å². The fraction of sp³-hybridized carbons (Fsp3) is 0.370. The van der Waals surface area contributed by atoms with Crippen molar-refractivity contribution in [2.75, 3.05) is 34.3 Å². The van der Waals surface area contributed by atoms with E-state index >= 15 is 0 Å². The Morgan fingerprint density at radius 2 is 1.88 bits per heavy atom. The summed E-state index contributed by atoms with van der Waals surface area (Å²) in [7, 11) is 6.26. The van der Waals surface area contributed by atoms with E-state index in [0.717, 1.165) is 39.8 Å². The van der Waals surface area contributed by atoms with Crippen LogP contribution in [0.1, 0.15) is 36.5 Å². The van der Waals surface area contributed by atoms with Gasteiger partial charge in [-0.1, -0.05) is 31.5 Å². The van der Waals surface area contributed by atoms with E-state index in [0.29, 0.717) is 6.54 Å². The first-order chi connectivity index (χ1) is 15.4. The summed E-state index contributed by atoms with van der Waals surface area (Å²) in [5, 5.41) is 4.17. The quantitative estimate of drug-likeness (QED) is 0.214. The van der Waals surface area contributed by atoms with Crippen LogP contribution >= 0.6 is 0 Å². The van der Waals surface area contributed by atoms with Gasteiger partial charge < -0.3 is 43.5 Å². The maximum atomic E-state index is 12.3. The van der Waals surface area contributed by atoms with Crippen LogP contribution in [0.4, 0.5) is 0 Å². The van der Waals surface area contributed by atoms with Gasteiger partial charge in [0.05, 0.1) is 34.3 Å². The molecule has 3 rings (SSSR count). The van der Waals surface area contributed by atoms with E-state index in [-0.39, 0.29) is 29.9 Å². The highest BCUT2D eigenvalue weighted by atomic mass is 127. The summed E-state index contributed by atoms with van der Waals surface area (Å²) < 4.78 is 6.20. The molecule has 1 heterocycles. The number of hydrogen-bond acceptors (Lipinski definition) is 2. The van der Waals surface area contributed by atoms with Crippen molar-refractivity contribution in [1.82, 2.24) is 10.3 Å². The Balaban J connectivity index is 0.00000385. The molecule has 2 N–H and O–H groups in total. The minimum atomic E-state index is -0.106. The van der Waals surface area contributed by atoms with Crippen molar-refractivity contribution in [2.24, 2.45) is 0 Å². The molecule has 0 aliphatic rings. The second-order valence-electron chi connectivity index (χ2n) is 9.00. The van der Waals surface area contributed by atoms with E-state index in [9.17, 15) is 4.79 Å². The molecule has 0 radical (unpaired) electrons. The number of likely N-dealkylation sites (N-methyl/N-ethyl adjacent to an activating group) is 1. The number of methoxy groups -OCH3 is 1. The summed E-state index contributed by atoms with van der Waals surface area (Å²) in [6, 6.07) is 14.0. The highest BCUT2D eigenvalue weighted by Gasteiger charge is 2.15. The predicted molar refractivity (Wildman–Crippen MR) is 133 cm³/mol. The highest BCUT2D eigenvalue weighted by molar-refractivity contribution is 5.93. The molecule has 0 atom stereocenters. The summed E-state index contributed by atoms with van der Waals surface area (Å²) in [4.78, 5) is 15.6. The van der Waals surface area contributed by atoms with Crippen molar-refractivity contribution in [3.63, 3.8) is 0 Å². The molecule has 178 valence electrons. The van der Waals surface area contributed by atoms with Crippen LogP contribution in [0.25, 0.3) is 17.0 Å². The second-order valence-corrected chi connectivity index (χ2v) is 9.00. The number of carbonyl (C=O) groups excluding carboxylic acids is 1.